The molecule has 19 heavy (non-hydrogen) atoms. The van der Waals surface area contributed by atoms with Gasteiger partial charge in [0.2, 0.25) is 0 Å². The number of nitrogens with one attached hydrogen (secondary N) is 1. The predicted octanol–water partition coefficient (Wildman–Crippen LogP) is 4.03. The summed E-state index contributed by atoms with van der Waals surface area (Å²) in [4.78, 5) is 0. The molecule has 0 saturated heterocycles. The highest BCUT2D eigenvalue weighted by Crippen LogP contribution is 2.57. The van der Waals surface area contributed by atoms with Crippen LogP contribution in [-0.4, -0.2) is 12.6 Å². The largest absolute Gasteiger partial charge is 0.313 e. The van der Waals surface area contributed by atoms with Crippen LogP contribution in [-0.2, 0) is 6.42 Å². The minimum Gasteiger partial charge on any atom is -0.313 e. The van der Waals surface area contributed by atoms with Crippen LogP contribution in [0.5, 0.6) is 0 Å². The molecule has 0 heterocycles. The molecule has 2 aliphatic carbocycles. The highest BCUT2D eigenvalue weighted by Gasteiger charge is 2.53. The molecule has 1 aromatic carbocycles. The van der Waals surface area contributed by atoms with E-state index in [0.717, 1.165) is 23.8 Å². The number of hydrogen-bond donors (Lipinski definition) is 1. The smallest absolute Gasteiger partial charge is 0.0141 e. The highest BCUT2D eigenvalue weighted by molar-refractivity contribution is 5.18. The van der Waals surface area contributed by atoms with Crippen molar-refractivity contribution in [2.75, 3.05) is 6.54 Å². The lowest BCUT2D eigenvalue weighted by Gasteiger charge is -2.19. The molecule has 1 aromatic rings. The first-order valence-electron chi connectivity index (χ1n) is 8.17. The fraction of sp³-hybridized carbons (Fsp3) is 0.667. The van der Waals surface area contributed by atoms with Crippen LogP contribution in [0.4, 0.5) is 0 Å². The third-order valence-corrected chi connectivity index (χ3v) is 5.14. The molecule has 2 saturated carbocycles. The summed E-state index contributed by atoms with van der Waals surface area (Å²) in [5, 5.41) is 3.84. The third-order valence-electron chi connectivity index (χ3n) is 5.14. The molecule has 3 atom stereocenters. The van der Waals surface area contributed by atoms with Crippen molar-refractivity contribution in [1.29, 1.82) is 0 Å². The van der Waals surface area contributed by atoms with Crippen molar-refractivity contribution in [3.8, 4) is 0 Å². The number of fused-ring (bicyclic) bond motifs is 1. The summed E-state index contributed by atoms with van der Waals surface area (Å²) in [7, 11) is 0. The number of benzene rings is 1. The van der Waals surface area contributed by atoms with Crippen molar-refractivity contribution < 1.29 is 0 Å². The Kier molecular flexibility index (Phi) is 4.22. The summed E-state index contributed by atoms with van der Waals surface area (Å²) in [6.07, 6.45) is 8.40. The first kappa shape index (κ1) is 13.2. The minimum absolute atomic E-state index is 0.718. The van der Waals surface area contributed by atoms with Crippen LogP contribution in [0.2, 0.25) is 0 Å². The van der Waals surface area contributed by atoms with Crippen molar-refractivity contribution in [3.63, 3.8) is 0 Å². The van der Waals surface area contributed by atoms with E-state index in [4.69, 9.17) is 0 Å². The summed E-state index contributed by atoms with van der Waals surface area (Å²) in [5.41, 5.74) is 1.50. The Bertz CT molecular complexity index is 374. The maximum absolute atomic E-state index is 3.84. The molecule has 2 aliphatic rings. The standard InChI is InChI=1S/C18H27N/c1-2-12-19-17(13-14-8-4-3-5-9-14)18-15-10-6-7-11-16(15)18/h3-5,8-9,15-19H,2,6-7,10-13H2,1H3. The van der Waals surface area contributed by atoms with Crippen LogP contribution in [0.15, 0.2) is 30.3 Å². The molecular formula is C18H27N. The van der Waals surface area contributed by atoms with E-state index >= 15 is 0 Å². The van der Waals surface area contributed by atoms with Gasteiger partial charge in [-0.1, -0.05) is 50.1 Å². The third kappa shape index (κ3) is 3.02. The monoisotopic (exact) mass is 257 g/mol. The Morgan fingerprint density at radius 1 is 1.11 bits per heavy atom. The Hall–Kier alpha value is -0.820. The van der Waals surface area contributed by atoms with Crippen LogP contribution in [0, 0.1) is 17.8 Å². The van der Waals surface area contributed by atoms with Crippen molar-refractivity contribution >= 4 is 0 Å². The SMILES string of the molecule is CCCNC(Cc1ccccc1)C1C2CCCCC21. The Labute approximate surface area is 117 Å². The summed E-state index contributed by atoms with van der Waals surface area (Å²) in [5.74, 6) is 3.06. The number of hydrogen-bond acceptors (Lipinski definition) is 1. The second kappa shape index (κ2) is 6.09. The van der Waals surface area contributed by atoms with E-state index in [-0.39, 0.29) is 0 Å². The van der Waals surface area contributed by atoms with Gasteiger partial charge >= 0.3 is 0 Å². The van der Waals surface area contributed by atoms with Crippen molar-refractivity contribution in [3.05, 3.63) is 35.9 Å². The van der Waals surface area contributed by atoms with Gasteiger partial charge in [0.1, 0.15) is 0 Å². The van der Waals surface area contributed by atoms with Gasteiger partial charge in [0, 0.05) is 6.04 Å². The van der Waals surface area contributed by atoms with E-state index in [0.29, 0.717) is 0 Å². The summed E-state index contributed by atoms with van der Waals surface area (Å²) in [6.45, 7) is 3.44. The van der Waals surface area contributed by atoms with Gasteiger partial charge in [-0.25, -0.2) is 0 Å². The van der Waals surface area contributed by atoms with Crippen LogP contribution in [0.3, 0.4) is 0 Å². The molecule has 1 heteroatoms. The van der Waals surface area contributed by atoms with Gasteiger partial charge in [0.25, 0.3) is 0 Å². The van der Waals surface area contributed by atoms with E-state index < -0.39 is 0 Å². The molecule has 1 nitrogen and oxygen atoms in total. The van der Waals surface area contributed by atoms with Gasteiger partial charge in [0.15, 0.2) is 0 Å². The Morgan fingerprint density at radius 2 is 1.79 bits per heavy atom. The molecule has 0 bridgehead atoms. The fourth-order valence-electron chi connectivity index (χ4n) is 4.19. The average molecular weight is 257 g/mol. The molecule has 3 rings (SSSR count). The van der Waals surface area contributed by atoms with Crippen molar-refractivity contribution in [2.24, 2.45) is 17.8 Å². The molecule has 0 aliphatic heterocycles. The molecule has 0 spiro atoms. The fourth-order valence-corrected chi connectivity index (χ4v) is 4.19. The minimum atomic E-state index is 0.718. The van der Waals surface area contributed by atoms with Gasteiger partial charge in [0.05, 0.1) is 0 Å². The van der Waals surface area contributed by atoms with Crippen LogP contribution in [0.25, 0.3) is 0 Å². The van der Waals surface area contributed by atoms with Gasteiger partial charge in [-0.2, -0.15) is 0 Å². The predicted molar refractivity (Wildman–Crippen MR) is 81.2 cm³/mol. The second-order valence-corrected chi connectivity index (χ2v) is 6.44. The number of rotatable bonds is 6. The molecule has 0 radical (unpaired) electrons. The van der Waals surface area contributed by atoms with Gasteiger partial charge < -0.3 is 5.32 Å². The summed E-state index contributed by atoms with van der Waals surface area (Å²) >= 11 is 0. The van der Waals surface area contributed by atoms with Crippen molar-refractivity contribution in [2.45, 2.75) is 51.5 Å². The zero-order chi connectivity index (χ0) is 13.1. The van der Waals surface area contributed by atoms with E-state index in [2.05, 4.69) is 42.6 Å². The molecule has 2 fully saturated rings. The summed E-state index contributed by atoms with van der Waals surface area (Å²) in [6, 6.07) is 11.8. The van der Waals surface area contributed by atoms with Gasteiger partial charge in [-0.05, 0) is 55.5 Å². The first-order chi connectivity index (χ1) is 9.40. The first-order valence-corrected chi connectivity index (χ1v) is 8.17. The maximum Gasteiger partial charge on any atom is 0.0141 e. The zero-order valence-corrected chi connectivity index (χ0v) is 12.1. The zero-order valence-electron chi connectivity index (χ0n) is 12.1. The molecule has 104 valence electrons. The quantitative estimate of drug-likeness (QED) is 0.811. The Morgan fingerprint density at radius 3 is 2.42 bits per heavy atom. The van der Waals surface area contributed by atoms with E-state index in [1.165, 1.54) is 50.6 Å². The molecular weight excluding hydrogens is 230 g/mol. The van der Waals surface area contributed by atoms with Crippen LogP contribution >= 0.6 is 0 Å². The van der Waals surface area contributed by atoms with Gasteiger partial charge in [-0.15, -0.1) is 0 Å². The molecule has 0 amide bonds. The van der Waals surface area contributed by atoms with E-state index in [9.17, 15) is 0 Å². The average Bonchev–Trinajstić information content (AvgIpc) is 3.19. The summed E-state index contributed by atoms with van der Waals surface area (Å²) < 4.78 is 0. The molecule has 0 aromatic heterocycles. The maximum atomic E-state index is 3.84. The van der Waals surface area contributed by atoms with Crippen LogP contribution < -0.4 is 5.32 Å². The lowest BCUT2D eigenvalue weighted by atomic mass is 9.99. The Balaban J connectivity index is 1.64. The van der Waals surface area contributed by atoms with E-state index in [1.54, 1.807) is 0 Å². The van der Waals surface area contributed by atoms with Crippen LogP contribution in [0.1, 0.15) is 44.6 Å². The molecule has 1 N–H and O–H groups in total. The lowest BCUT2D eigenvalue weighted by Crippen LogP contribution is -2.34. The topological polar surface area (TPSA) is 12.0 Å². The van der Waals surface area contributed by atoms with Crippen molar-refractivity contribution in [1.82, 2.24) is 5.32 Å². The van der Waals surface area contributed by atoms with E-state index in [1.807, 2.05) is 0 Å². The van der Waals surface area contributed by atoms with Gasteiger partial charge in [-0.3, -0.25) is 0 Å². The second-order valence-electron chi connectivity index (χ2n) is 6.44. The normalized spacial score (nSPS) is 30.7. The lowest BCUT2D eigenvalue weighted by molar-refractivity contribution is 0.428. The molecule has 3 unspecified atom stereocenters. The highest BCUT2D eigenvalue weighted by atomic mass is 14.9.